The van der Waals surface area contributed by atoms with Gasteiger partial charge in [-0.15, -0.1) is 0 Å². The van der Waals surface area contributed by atoms with Crippen LogP contribution in [0, 0.1) is 26.7 Å². The molecule has 0 fully saturated rings. The highest BCUT2D eigenvalue weighted by molar-refractivity contribution is 6.98. The van der Waals surface area contributed by atoms with E-state index in [9.17, 15) is 0 Å². The van der Waals surface area contributed by atoms with Gasteiger partial charge in [0.15, 0.2) is 0 Å². The SMILES string of the molecule is CCCC[Si](C)(C1=CCC=C1C(C)CC)c1c(C)cc(C)cc1C. The Bertz CT molecular complexity index is 627. The number of rotatable bonds is 7. The molecule has 0 aromatic heterocycles. The van der Waals surface area contributed by atoms with E-state index in [2.05, 4.69) is 72.4 Å². The van der Waals surface area contributed by atoms with E-state index in [1.54, 1.807) is 16.0 Å². The van der Waals surface area contributed by atoms with Gasteiger partial charge < -0.3 is 0 Å². The van der Waals surface area contributed by atoms with E-state index in [0.29, 0.717) is 5.92 Å². The number of unbranched alkanes of at least 4 members (excludes halogenated alkanes) is 1. The van der Waals surface area contributed by atoms with Crippen LogP contribution in [-0.2, 0) is 0 Å². The molecule has 0 heterocycles. The Kier molecular flexibility index (Phi) is 6.31. The highest BCUT2D eigenvalue weighted by atomic mass is 28.3. The monoisotopic (exact) mass is 340 g/mol. The van der Waals surface area contributed by atoms with Crippen LogP contribution in [0.3, 0.4) is 0 Å². The fourth-order valence-corrected chi connectivity index (χ4v) is 10.0. The van der Waals surface area contributed by atoms with Crippen LogP contribution in [0.15, 0.2) is 35.1 Å². The summed E-state index contributed by atoms with van der Waals surface area (Å²) in [6.45, 7) is 16.6. The Hall–Kier alpha value is -1.08. The lowest BCUT2D eigenvalue weighted by molar-refractivity contribution is 0.667. The summed E-state index contributed by atoms with van der Waals surface area (Å²) in [6, 6.07) is 6.19. The minimum absolute atomic E-state index is 0.693. The average Bonchev–Trinajstić information content (AvgIpc) is 3.01. The van der Waals surface area contributed by atoms with Crippen molar-refractivity contribution in [2.75, 3.05) is 0 Å². The smallest absolute Gasteiger partial charge is 0.0808 e. The second-order valence-electron chi connectivity index (χ2n) is 8.03. The van der Waals surface area contributed by atoms with Crippen LogP contribution >= 0.6 is 0 Å². The van der Waals surface area contributed by atoms with Crippen LogP contribution in [-0.4, -0.2) is 8.07 Å². The lowest BCUT2D eigenvalue weighted by Crippen LogP contribution is -2.50. The molecule has 1 aliphatic carbocycles. The Morgan fingerprint density at radius 1 is 1.04 bits per heavy atom. The van der Waals surface area contributed by atoms with Gasteiger partial charge in [0.25, 0.3) is 0 Å². The predicted molar refractivity (Wildman–Crippen MR) is 112 cm³/mol. The minimum Gasteiger partial charge on any atom is -0.0808 e. The first kappa shape index (κ1) is 19.2. The highest BCUT2D eigenvalue weighted by Crippen LogP contribution is 2.38. The topological polar surface area (TPSA) is 0 Å². The third-order valence-electron chi connectivity index (χ3n) is 5.97. The summed E-state index contributed by atoms with van der Waals surface area (Å²) < 4.78 is 0. The van der Waals surface area contributed by atoms with Gasteiger partial charge in [-0.05, 0) is 56.3 Å². The summed E-state index contributed by atoms with van der Waals surface area (Å²) in [4.78, 5) is 0. The zero-order valence-corrected chi connectivity index (χ0v) is 17.9. The molecule has 0 N–H and O–H groups in total. The molecular weight excluding hydrogens is 304 g/mol. The minimum atomic E-state index is -1.67. The molecule has 0 radical (unpaired) electrons. The van der Waals surface area contributed by atoms with Crippen molar-refractivity contribution in [3.8, 4) is 0 Å². The van der Waals surface area contributed by atoms with Crippen LogP contribution in [0.2, 0.25) is 12.6 Å². The first-order valence-electron chi connectivity index (χ1n) is 9.84. The molecule has 0 saturated carbocycles. The van der Waals surface area contributed by atoms with E-state index < -0.39 is 8.07 Å². The predicted octanol–water partition coefficient (Wildman–Crippen LogP) is 6.54. The average molecular weight is 341 g/mol. The second kappa shape index (κ2) is 7.87. The molecule has 2 unspecified atom stereocenters. The maximum atomic E-state index is 2.64. The fourth-order valence-electron chi connectivity index (χ4n) is 4.74. The molecule has 1 aromatic rings. The standard InChI is InChI=1S/C23H36Si/c1-8-10-14-24(7,22-13-11-12-21(22)18(4)9-2)23-19(5)15-17(3)16-20(23)6/h12-13,15-16,18H,8-11,14H2,1-7H3. The van der Waals surface area contributed by atoms with Crippen molar-refractivity contribution < 1.29 is 0 Å². The van der Waals surface area contributed by atoms with Gasteiger partial charge in [-0.25, -0.2) is 0 Å². The molecule has 0 bridgehead atoms. The Morgan fingerprint density at radius 3 is 2.21 bits per heavy atom. The van der Waals surface area contributed by atoms with Crippen molar-refractivity contribution in [2.45, 2.75) is 79.8 Å². The van der Waals surface area contributed by atoms with E-state index in [1.165, 1.54) is 42.0 Å². The Balaban J connectivity index is 2.58. The van der Waals surface area contributed by atoms with Crippen molar-refractivity contribution in [3.63, 3.8) is 0 Å². The first-order chi connectivity index (χ1) is 11.3. The lowest BCUT2D eigenvalue weighted by Gasteiger charge is -2.36. The molecule has 0 aliphatic heterocycles. The van der Waals surface area contributed by atoms with Crippen molar-refractivity contribution in [1.82, 2.24) is 0 Å². The molecule has 0 nitrogen and oxygen atoms in total. The van der Waals surface area contributed by atoms with Gasteiger partial charge >= 0.3 is 0 Å². The fraction of sp³-hybridized carbons (Fsp3) is 0.565. The molecule has 24 heavy (non-hydrogen) atoms. The van der Waals surface area contributed by atoms with Crippen LogP contribution < -0.4 is 5.19 Å². The van der Waals surface area contributed by atoms with Gasteiger partial charge in [0.2, 0.25) is 0 Å². The zero-order valence-electron chi connectivity index (χ0n) is 16.9. The molecular formula is C23H36Si. The molecule has 0 saturated heterocycles. The zero-order chi connectivity index (χ0) is 17.9. The Morgan fingerprint density at radius 2 is 1.67 bits per heavy atom. The quantitative estimate of drug-likeness (QED) is 0.494. The van der Waals surface area contributed by atoms with Crippen LogP contribution in [0.25, 0.3) is 0 Å². The first-order valence-corrected chi connectivity index (χ1v) is 12.5. The lowest BCUT2D eigenvalue weighted by atomic mass is 10.00. The number of hydrogen-bond acceptors (Lipinski definition) is 0. The summed E-state index contributed by atoms with van der Waals surface area (Å²) in [6.07, 6.45) is 10.1. The largest absolute Gasteiger partial charge is 0.115 e. The van der Waals surface area contributed by atoms with Gasteiger partial charge in [-0.2, -0.15) is 0 Å². The van der Waals surface area contributed by atoms with Crippen molar-refractivity contribution in [3.05, 3.63) is 51.7 Å². The summed E-state index contributed by atoms with van der Waals surface area (Å²) in [5.74, 6) is 0.693. The third-order valence-corrected chi connectivity index (χ3v) is 10.9. The van der Waals surface area contributed by atoms with Gasteiger partial charge in [-0.3, -0.25) is 0 Å². The van der Waals surface area contributed by atoms with Gasteiger partial charge in [-0.1, -0.05) is 86.3 Å². The number of allylic oxidation sites excluding steroid dienone is 4. The third kappa shape index (κ3) is 3.61. The van der Waals surface area contributed by atoms with Gasteiger partial charge in [0.1, 0.15) is 8.07 Å². The van der Waals surface area contributed by atoms with Crippen LogP contribution in [0.4, 0.5) is 0 Å². The van der Waals surface area contributed by atoms with Crippen molar-refractivity contribution in [1.29, 1.82) is 0 Å². The molecule has 0 spiro atoms. The molecule has 1 heteroatoms. The molecule has 2 rings (SSSR count). The number of hydrogen-bond donors (Lipinski definition) is 0. The van der Waals surface area contributed by atoms with Crippen molar-refractivity contribution in [2.24, 2.45) is 5.92 Å². The van der Waals surface area contributed by atoms with Crippen molar-refractivity contribution >= 4 is 13.3 Å². The summed E-state index contributed by atoms with van der Waals surface area (Å²) in [5.41, 5.74) is 6.11. The van der Waals surface area contributed by atoms with E-state index in [-0.39, 0.29) is 0 Å². The Labute approximate surface area is 151 Å². The number of benzene rings is 1. The summed E-state index contributed by atoms with van der Waals surface area (Å²) >= 11 is 0. The van der Waals surface area contributed by atoms with Gasteiger partial charge in [0, 0.05) is 0 Å². The van der Waals surface area contributed by atoms with E-state index in [1.807, 2.05) is 0 Å². The van der Waals surface area contributed by atoms with E-state index in [0.717, 1.165) is 6.42 Å². The number of aryl methyl sites for hydroxylation is 3. The maximum Gasteiger partial charge on any atom is 0.115 e. The molecule has 1 aliphatic rings. The molecule has 2 atom stereocenters. The molecule has 0 amide bonds. The maximum absolute atomic E-state index is 2.64. The van der Waals surface area contributed by atoms with E-state index in [4.69, 9.17) is 0 Å². The van der Waals surface area contributed by atoms with E-state index >= 15 is 0 Å². The summed E-state index contributed by atoms with van der Waals surface area (Å²) in [5, 5.41) is 3.46. The summed E-state index contributed by atoms with van der Waals surface area (Å²) in [7, 11) is -1.67. The molecule has 1 aromatic carbocycles. The normalized spacial score (nSPS) is 18.1. The molecule has 132 valence electrons. The van der Waals surface area contributed by atoms with Crippen LogP contribution in [0.1, 0.15) is 63.1 Å². The van der Waals surface area contributed by atoms with Gasteiger partial charge in [0.05, 0.1) is 0 Å². The highest BCUT2D eigenvalue weighted by Gasteiger charge is 2.38. The second-order valence-corrected chi connectivity index (χ2v) is 12.2. The van der Waals surface area contributed by atoms with Crippen LogP contribution in [0.5, 0.6) is 0 Å².